The molecular formula is C15H27N5O2. The molecular weight excluding hydrogens is 282 g/mol. The van der Waals surface area contributed by atoms with Crippen molar-refractivity contribution in [3.63, 3.8) is 0 Å². The van der Waals surface area contributed by atoms with Crippen LogP contribution < -0.4 is 15.4 Å². The fourth-order valence-corrected chi connectivity index (χ4v) is 2.55. The van der Waals surface area contributed by atoms with E-state index in [-0.39, 0.29) is 12.1 Å². The van der Waals surface area contributed by atoms with Gasteiger partial charge in [-0.3, -0.25) is 4.90 Å². The van der Waals surface area contributed by atoms with Crippen molar-refractivity contribution in [2.75, 3.05) is 50.5 Å². The molecule has 1 aromatic heterocycles. The molecule has 0 aromatic carbocycles. The van der Waals surface area contributed by atoms with E-state index in [0.717, 1.165) is 38.7 Å². The van der Waals surface area contributed by atoms with Crippen LogP contribution in [0.25, 0.3) is 0 Å². The first-order valence-corrected chi connectivity index (χ1v) is 7.80. The van der Waals surface area contributed by atoms with Crippen molar-refractivity contribution in [1.29, 1.82) is 0 Å². The molecule has 7 nitrogen and oxygen atoms in total. The van der Waals surface area contributed by atoms with E-state index in [1.165, 1.54) is 0 Å². The number of anilines is 2. The van der Waals surface area contributed by atoms with Gasteiger partial charge in [-0.05, 0) is 20.8 Å². The first-order chi connectivity index (χ1) is 10.5. The molecule has 2 rings (SSSR count). The minimum Gasteiger partial charge on any atom is -0.475 e. The SMILES string of the molecule is CC(C)Oc1cc(N(C)C[C@H](C)N2CCOCC2)nc(N)n1. The number of aromatic nitrogens is 2. The molecule has 0 saturated carbocycles. The highest BCUT2D eigenvalue weighted by atomic mass is 16.5. The standard InChI is InChI=1S/C15H27N5O2/c1-11(2)22-14-9-13(17-15(16)18-14)19(4)10-12(3)20-5-7-21-8-6-20/h9,11-12H,5-8,10H2,1-4H3,(H2,16,17,18)/t12-/m0/s1. The number of nitrogens with two attached hydrogens (primary N) is 1. The molecule has 2 heterocycles. The first-order valence-electron chi connectivity index (χ1n) is 7.80. The zero-order valence-corrected chi connectivity index (χ0v) is 14.0. The molecule has 1 fully saturated rings. The zero-order valence-electron chi connectivity index (χ0n) is 14.0. The van der Waals surface area contributed by atoms with E-state index in [1.54, 1.807) is 0 Å². The van der Waals surface area contributed by atoms with E-state index < -0.39 is 0 Å². The molecule has 1 aromatic rings. The molecule has 1 saturated heterocycles. The maximum Gasteiger partial charge on any atom is 0.225 e. The molecule has 1 aliphatic rings. The Kier molecular flexibility index (Phi) is 5.79. The molecule has 1 aliphatic heterocycles. The summed E-state index contributed by atoms with van der Waals surface area (Å²) in [6.45, 7) is 10.6. The van der Waals surface area contributed by atoms with Crippen LogP contribution in [0.1, 0.15) is 20.8 Å². The van der Waals surface area contributed by atoms with E-state index in [2.05, 4.69) is 26.7 Å². The van der Waals surface area contributed by atoms with Crippen LogP contribution in [0.4, 0.5) is 11.8 Å². The third kappa shape index (κ3) is 4.71. The second-order valence-electron chi connectivity index (χ2n) is 5.97. The van der Waals surface area contributed by atoms with Crippen LogP contribution in [0.15, 0.2) is 6.07 Å². The summed E-state index contributed by atoms with van der Waals surface area (Å²) in [6, 6.07) is 2.25. The summed E-state index contributed by atoms with van der Waals surface area (Å²) in [6.07, 6.45) is 0.0553. The van der Waals surface area contributed by atoms with Gasteiger partial charge in [-0.15, -0.1) is 0 Å². The maximum atomic E-state index is 5.79. The Balaban J connectivity index is 2.01. The smallest absolute Gasteiger partial charge is 0.225 e. The number of hydrogen-bond acceptors (Lipinski definition) is 7. The van der Waals surface area contributed by atoms with Crippen molar-refractivity contribution in [1.82, 2.24) is 14.9 Å². The minimum atomic E-state index is 0.0553. The molecule has 0 radical (unpaired) electrons. The van der Waals surface area contributed by atoms with Gasteiger partial charge in [0.2, 0.25) is 11.8 Å². The molecule has 124 valence electrons. The summed E-state index contributed by atoms with van der Waals surface area (Å²) in [5, 5.41) is 0. The summed E-state index contributed by atoms with van der Waals surface area (Å²) in [7, 11) is 2.01. The van der Waals surface area contributed by atoms with Crippen LogP contribution >= 0.6 is 0 Å². The Morgan fingerprint density at radius 2 is 2.00 bits per heavy atom. The average molecular weight is 309 g/mol. The van der Waals surface area contributed by atoms with Crippen LogP contribution in [-0.2, 0) is 4.74 Å². The molecule has 0 unspecified atom stereocenters. The zero-order chi connectivity index (χ0) is 16.1. The minimum absolute atomic E-state index is 0.0553. The number of hydrogen-bond donors (Lipinski definition) is 1. The van der Waals surface area contributed by atoms with Crippen LogP contribution in [0.3, 0.4) is 0 Å². The van der Waals surface area contributed by atoms with Gasteiger partial charge in [0.25, 0.3) is 0 Å². The fourth-order valence-electron chi connectivity index (χ4n) is 2.55. The van der Waals surface area contributed by atoms with Crippen LogP contribution in [-0.4, -0.2) is 66.9 Å². The highest BCUT2D eigenvalue weighted by Gasteiger charge is 2.19. The van der Waals surface area contributed by atoms with Gasteiger partial charge in [0.15, 0.2) is 0 Å². The van der Waals surface area contributed by atoms with Gasteiger partial charge in [-0.2, -0.15) is 9.97 Å². The second kappa shape index (κ2) is 7.60. The normalized spacial score (nSPS) is 17.5. The van der Waals surface area contributed by atoms with Gasteiger partial charge in [0.1, 0.15) is 5.82 Å². The van der Waals surface area contributed by atoms with Crippen molar-refractivity contribution in [2.24, 2.45) is 0 Å². The molecule has 0 bridgehead atoms. The van der Waals surface area contributed by atoms with E-state index in [0.29, 0.717) is 11.9 Å². The van der Waals surface area contributed by atoms with E-state index in [9.17, 15) is 0 Å². The predicted molar refractivity (Wildman–Crippen MR) is 87.3 cm³/mol. The lowest BCUT2D eigenvalue weighted by atomic mass is 10.2. The van der Waals surface area contributed by atoms with E-state index >= 15 is 0 Å². The monoisotopic (exact) mass is 309 g/mol. The van der Waals surface area contributed by atoms with Gasteiger partial charge >= 0.3 is 0 Å². The van der Waals surface area contributed by atoms with Crippen molar-refractivity contribution in [3.8, 4) is 5.88 Å². The third-order valence-electron chi connectivity index (χ3n) is 3.66. The lowest BCUT2D eigenvalue weighted by Gasteiger charge is -2.34. The summed E-state index contributed by atoms with van der Waals surface area (Å²) in [5.74, 6) is 1.53. The lowest BCUT2D eigenvalue weighted by Crippen LogP contribution is -2.46. The molecule has 22 heavy (non-hydrogen) atoms. The molecule has 1 atom stereocenters. The Morgan fingerprint density at radius 1 is 1.32 bits per heavy atom. The third-order valence-corrected chi connectivity index (χ3v) is 3.66. The van der Waals surface area contributed by atoms with Crippen LogP contribution in [0.5, 0.6) is 5.88 Å². The molecule has 7 heteroatoms. The van der Waals surface area contributed by atoms with Crippen molar-refractivity contribution >= 4 is 11.8 Å². The number of rotatable bonds is 6. The second-order valence-corrected chi connectivity index (χ2v) is 5.97. The molecule has 0 amide bonds. The maximum absolute atomic E-state index is 5.79. The fraction of sp³-hybridized carbons (Fsp3) is 0.733. The number of nitrogen functional groups attached to an aromatic ring is 1. The summed E-state index contributed by atoms with van der Waals surface area (Å²) in [4.78, 5) is 12.9. The van der Waals surface area contributed by atoms with Gasteiger partial charge in [-0.25, -0.2) is 0 Å². The molecule has 0 aliphatic carbocycles. The number of ether oxygens (including phenoxy) is 2. The van der Waals surface area contributed by atoms with Crippen molar-refractivity contribution in [2.45, 2.75) is 32.9 Å². The predicted octanol–water partition coefficient (Wildman–Crippen LogP) is 1.00. The average Bonchev–Trinajstić information content (AvgIpc) is 2.46. The molecule has 2 N–H and O–H groups in total. The van der Waals surface area contributed by atoms with Crippen molar-refractivity contribution < 1.29 is 9.47 Å². The largest absolute Gasteiger partial charge is 0.475 e. The highest BCUT2D eigenvalue weighted by molar-refractivity contribution is 5.45. The number of nitrogens with zero attached hydrogens (tertiary/aromatic N) is 4. The number of morpholine rings is 1. The summed E-state index contributed by atoms with van der Waals surface area (Å²) < 4.78 is 11.0. The Bertz CT molecular complexity index is 477. The van der Waals surface area contributed by atoms with Crippen LogP contribution in [0, 0.1) is 0 Å². The first kappa shape index (κ1) is 16.8. The lowest BCUT2D eigenvalue weighted by molar-refractivity contribution is 0.0218. The Hall–Kier alpha value is -1.60. The van der Waals surface area contributed by atoms with Gasteiger partial charge in [0.05, 0.1) is 19.3 Å². The molecule has 0 spiro atoms. The Labute approximate surface area is 132 Å². The highest BCUT2D eigenvalue weighted by Crippen LogP contribution is 2.19. The van der Waals surface area contributed by atoms with Gasteiger partial charge < -0.3 is 20.1 Å². The van der Waals surface area contributed by atoms with Crippen molar-refractivity contribution in [3.05, 3.63) is 6.07 Å². The van der Waals surface area contributed by atoms with E-state index in [1.807, 2.05) is 27.0 Å². The topological polar surface area (TPSA) is 76.7 Å². The quantitative estimate of drug-likeness (QED) is 0.840. The van der Waals surface area contributed by atoms with Gasteiger partial charge in [0, 0.05) is 38.8 Å². The Morgan fingerprint density at radius 3 is 2.64 bits per heavy atom. The van der Waals surface area contributed by atoms with Gasteiger partial charge in [-0.1, -0.05) is 0 Å². The number of likely N-dealkylation sites (N-methyl/N-ethyl adjacent to an activating group) is 1. The summed E-state index contributed by atoms with van der Waals surface area (Å²) >= 11 is 0. The van der Waals surface area contributed by atoms with E-state index in [4.69, 9.17) is 15.2 Å². The summed E-state index contributed by atoms with van der Waals surface area (Å²) in [5.41, 5.74) is 5.79. The van der Waals surface area contributed by atoms with Crippen LogP contribution in [0.2, 0.25) is 0 Å².